The third-order valence-corrected chi connectivity index (χ3v) is 1.81. The van der Waals surface area contributed by atoms with E-state index in [0.29, 0.717) is 0 Å². The molecule has 2 rings (SSSR count). The first-order chi connectivity index (χ1) is 7.38. The van der Waals surface area contributed by atoms with Crippen molar-refractivity contribution in [1.82, 2.24) is 10.2 Å². The Hall–Kier alpha value is -1.44. The van der Waals surface area contributed by atoms with E-state index in [1.807, 2.05) is 39.8 Å². The van der Waals surface area contributed by atoms with Crippen LogP contribution in [0.5, 0.6) is 0 Å². The minimum absolute atomic E-state index is 1.15. The van der Waals surface area contributed by atoms with Crippen LogP contribution in [0.3, 0.4) is 0 Å². The van der Waals surface area contributed by atoms with Gasteiger partial charge in [-0.05, 0) is 12.5 Å². The van der Waals surface area contributed by atoms with E-state index in [-0.39, 0.29) is 0 Å². The van der Waals surface area contributed by atoms with E-state index >= 15 is 0 Å². The highest BCUT2D eigenvalue weighted by atomic mass is 15.1. The molecule has 0 aliphatic heterocycles. The van der Waals surface area contributed by atoms with Crippen LogP contribution in [0, 0.1) is 6.92 Å². The van der Waals surface area contributed by atoms with Crippen molar-refractivity contribution in [1.29, 1.82) is 0 Å². The Morgan fingerprint density at radius 2 is 1.47 bits per heavy atom. The molecule has 15 heavy (non-hydrogen) atoms. The van der Waals surface area contributed by atoms with E-state index in [1.165, 1.54) is 10.9 Å². The zero-order valence-electron chi connectivity index (χ0n) is 10.3. The standard InChI is InChI=1S/C9H8N2.2C2H6/c1-7-3-2-4-8-5-10-11-6-9(7)8;2*1-2/h2-6H,1H3;2*1-2H3. The van der Waals surface area contributed by atoms with Crippen molar-refractivity contribution < 1.29 is 0 Å². The minimum Gasteiger partial charge on any atom is -0.158 e. The molecule has 0 amide bonds. The Morgan fingerprint density at radius 1 is 0.867 bits per heavy atom. The summed E-state index contributed by atoms with van der Waals surface area (Å²) in [4.78, 5) is 0. The number of aromatic nitrogens is 2. The van der Waals surface area contributed by atoms with Crippen LogP contribution in [-0.4, -0.2) is 10.2 Å². The van der Waals surface area contributed by atoms with Gasteiger partial charge in [0.15, 0.2) is 0 Å². The summed E-state index contributed by atoms with van der Waals surface area (Å²) in [5, 5.41) is 9.96. The van der Waals surface area contributed by atoms with Crippen molar-refractivity contribution in [3.05, 3.63) is 36.2 Å². The number of benzene rings is 1. The highest BCUT2D eigenvalue weighted by Crippen LogP contribution is 2.14. The lowest BCUT2D eigenvalue weighted by Crippen LogP contribution is -1.82. The van der Waals surface area contributed by atoms with Gasteiger partial charge in [0.2, 0.25) is 0 Å². The predicted molar refractivity (Wildman–Crippen MR) is 67.0 cm³/mol. The molecular formula is C13H20N2. The molecule has 2 aromatic rings. The van der Waals surface area contributed by atoms with Crippen LogP contribution in [0.2, 0.25) is 0 Å². The molecule has 0 saturated carbocycles. The van der Waals surface area contributed by atoms with E-state index in [9.17, 15) is 0 Å². The van der Waals surface area contributed by atoms with Crippen molar-refractivity contribution in [2.24, 2.45) is 0 Å². The molecule has 1 aromatic heterocycles. The number of fused-ring (bicyclic) bond motifs is 1. The predicted octanol–water partition coefficient (Wildman–Crippen LogP) is 3.99. The summed E-state index contributed by atoms with van der Waals surface area (Å²) in [7, 11) is 0. The molecule has 0 atom stereocenters. The van der Waals surface area contributed by atoms with Gasteiger partial charge in [-0.15, -0.1) is 0 Å². The summed E-state index contributed by atoms with van der Waals surface area (Å²) < 4.78 is 0. The second-order valence-corrected chi connectivity index (χ2v) is 2.57. The van der Waals surface area contributed by atoms with Gasteiger partial charge in [0.05, 0.1) is 12.4 Å². The van der Waals surface area contributed by atoms with E-state index in [1.54, 1.807) is 12.4 Å². The van der Waals surface area contributed by atoms with Gasteiger partial charge in [0.25, 0.3) is 0 Å². The third-order valence-electron chi connectivity index (χ3n) is 1.81. The third kappa shape index (κ3) is 3.66. The zero-order valence-corrected chi connectivity index (χ0v) is 10.3. The Labute approximate surface area is 92.4 Å². The molecule has 0 unspecified atom stereocenters. The minimum atomic E-state index is 1.15. The molecule has 0 fully saturated rings. The van der Waals surface area contributed by atoms with E-state index in [2.05, 4.69) is 23.2 Å². The smallest absolute Gasteiger partial charge is 0.0577 e. The largest absolute Gasteiger partial charge is 0.158 e. The van der Waals surface area contributed by atoms with Gasteiger partial charge in [-0.2, -0.15) is 10.2 Å². The van der Waals surface area contributed by atoms with Gasteiger partial charge in [0.1, 0.15) is 0 Å². The van der Waals surface area contributed by atoms with E-state index < -0.39 is 0 Å². The van der Waals surface area contributed by atoms with Crippen LogP contribution in [0.15, 0.2) is 30.6 Å². The summed E-state index contributed by atoms with van der Waals surface area (Å²) in [6.45, 7) is 10.1. The summed E-state index contributed by atoms with van der Waals surface area (Å²) in [5.74, 6) is 0. The lowest BCUT2D eigenvalue weighted by atomic mass is 10.1. The molecule has 0 N–H and O–H groups in total. The second-order valence-electron chi connectivity index (χ2n) is 2.57. The molecule has 0 bridgehead atoms. The maximum atomic E-state index is 3.82. The van der Waals surface area contributed by atoms with Crippen LogP contribution in [0.4, 0.5) is 0 Å². The first-order valence-electron chi connectivity index (χ1n) is 5.54. The Kier molecular flexibility index (Phi) is 7.16. The van der Waals surface area contributed by atoms with Crippen molar-refractivity contribution in [2.45, 2.75) is 34.6 Å². The van der Waals surface area contributed by atoms with Crippen LogP contribution in [0.1, 0.15) is 33.3 Å². The van der Waals surface area contributed by atoms with Crippen molar-refractivity contribution in [2.75, 3.05) is 0 Å². The Morgan fingerprint density at radius 3 is 2.07 bits per heavy atom. The molecule has 0 radical (unpaired) electrons. The fraction of sp³-hybridized carbons (Fsp3) is 0.385. The van der Waals surface area contributed by atoms with Crippen LogP contribution in [-0.2, 0) is 0 Å². The molecule has 1 aromatic carbocycles. The summed E-state index contributed by atoms with van der Waals surface area (Å²) in [6.07, 6.45) is 3.58. The molecule has 0 aliphatic rings. The van der Waals surface area contributed by atoms with Gasteiger partial charge in [-0.3, -0.25) is 0 Å². The van der Waals surface area contributed by atoms with Gasteiger partial charge < -0.3 is 0 Å². The number of hydrogen-bond donors (Lipinski definition) is 0. The van der Waals surface area contributed by atoms with Crippen LogP contribution < -0.4 is 0 Å². The first-order valence-corrected chi connectivity index (χ1v) is 5.54. The molecular weight excluding hydrogens is 184 g/mol. The molecule has 1 heterocycles. The Bertz CT molecular complexity index is 378. The average molecular weight is 204 g/mol. The number of aryl methyl sites for hydroxylation is 1. The highest BCUT2D eigenvalue weighted by molar-refractivity contribution is 5.83. The molecule has 2 nitrogen and oxygen atoms in total. The molecule has 0 spiro atoms. The second kappa shape index (κ2) is 7.92. The summed E-state index contributed by atoms with van der Waals surface area (Å²) in [5.41, 5.74) is 1.25. The van der Waals surface area contributed by atoms with Crippen LogP contribution >= 0.6 is 0 Å². The maximum absolute atomic E-state index is 3.82. The van der Waals surface area contributed by atoms with Crippen molar-refractivity contribution >= 4 is 10.8 Å². The van der Waals surface area contributed by atoms with Gasteiger partial charge in [-0.25, -0.2) is 0 Å². The lowest BCUT2D eigenvalue weighted by molar-refractivity contribution is 1.05. The maximum Gasteiger partial charge on any atom is 0.0577 e. The molecule has 0 saturated heterocycles. The monoisotopic (exact) mass is 204 g/mol. The lowest BCUT2D eigenvalue weighted by Gasteiger charge is -1.97. The van der Waals surface area contributed by atoms with E-state index in [0.717, 1.165) is 5.39 Å². The quantitative estimate of drug-likeness (QED) is 0.648. The zero-order chi connectivity index (χ0) is 11.7. The fourth-order valence-electron chi connectivity index (χ4n) is 1.18. The van der Waals surface area contributed by atoms with Gasteiger partial charge in [-0.1, -0.05) is 45.9 Å². The molecule has 0 aliphatic carbocycles. The number of rotatable bonds is 0. The van der Waals surface area contributed by atoms with Crippen LogP contribution in [0.25, 0.3) is 10.8 Å². The first kappa shape index (κ1) is 13.6. The fourth-order valence-corrected chi connectivity index (χ4v) is 1.18. The summed E-state index contributed by atoms with van der Waals surface area (Å²) in [6, 6.07) is 6.14. The molecule has 2 heteroatoms. The topological polar surface area (TPSA) is 25.8 Å². The summed E-state index contributed by atoms with van der Waals surface area (Å²) >= 11 is 0. The molecule has 82 valence electrons. The normalized spacial score (nSPS) is 8.33. The van der Waals surface area contributed by atoms with Crippen molar-refractivity contribution in [3.8, 4) is 0 Å². The van der Waals surface area contributed by atoms with Gasteiger partial charge in [0, 0.05) is 10.8 Å². The number of hydrogen-bond acceptors (Lipinski definition) is 2. The highest BCUT2D eigenvalue weighted by Gasteiger charge is 1.93. The average Bonchev–Trinajstić information content (AvgIpc) is 2.35. The Balaban J connectivity index is 0.000000442. The van der Waals surface area contributed by atoms with E-state index in [4.69, 9.17) is 0 Å². The number of nitrogens with zero attached hydrogens (tertiary/aromatic N) is 2. The van der Waals surface area contributed by atoms with Gasteiger partial charge >= 0.3 is 0 Å². The van der Waals surface area contributed by atoms with Crippen molar-refractivity contribution in [3.63, 3.8) is 0 Å². The SMILES string of the molecule is CC.CC.Cc1cccc2cnncc12.